The third-order valence-corrected chi connectivity index (χ3v) is 5.54. The maximum absolute atomic E-state index is 13.7. The zero-order valence-electron chi connectivity index (χ0n) is 17.6. The maximum Gasteiger partial charge on any atom is 0.336 e. The molecule has 0 aliphatic carbocycles. The topological polar surface area (TPSA) is 46.6 Å². The van der Waals surface area contributed by atoms with Gasteiger partial charge in [-0.15, -0.1) is 0 Å². The summed E-state index contributed by atoms with van der Waals surface area (Å²) in [6.45, 7) is 5.77. The molecule has 0 N–H and O–H groups in total. The van der Waals surface area contributed by atoms with Crippen molar-refractivity contribution in [1.29, 1.82) is 0 Å². The molecule has 7 heteroatoms. The Morgan fingerprint density at radius 2 is 1.90 bits per heavy atom. The Morgan fingerprint density at radius 1 is 1.19 bits per heavy atom. The summed E-state index contributed by atoms with van der Waals surface area (Å²) in [5.41, 5.74) is 1.84. The predicted molar refractivity (Wildman–Crippen MR) is 114 cm³/mol. The van der Waals surface area contributed by atoms with Crippen LogP contribution in [0.15, 0.2) is 53.7 Å². The molecule has 0 aromatic heterocycles. The SMILES string of the molecule is CC1=C(C(=O)OCC(C)C)[C@@H](c2ccccc2Cl)CC(=O)N1Cc1ccc(F)c(F)c1. The predicted octanol–water partition coefficient (Wildman–Crippen LogP) is 5.61. The third kappa shape index (κ3) is 5.13. The summed E-state index contributed by atoms with van der Waals surface area (Å²) in [6.07, 6.45) is 0.0108. The Kier molecular flexibility index (Phi) is 7.11. The van der Waals surface area contributed by atoms with Gasteiger partial charge < -0.3 is 9.64 Å². The number of nitrogens with zero attached hydrogens (tertiary/aromatic N) is 1. The second-order valence-corrected chi connectivity index (χ2v) is 8.41. The van der Waals surface area contributed by atoms with E-state index in [4.69, 9.17) is 16.3 Å². The minimum Gasteiger partial charge on any atom is -0.462 e. The number of carbonyl (C=O) groups is 2. The van der Waals surface area contributed by atoms with E-state index in [9.17, 15) is 18.4 Å². The molecule has 31 heavy (non-hydrogen) atoms. The zero-order valence-corrected chi connectivity index (χ0v) is 18.4. The van der Waals surface area contributed by atoms with Crippen LogP contribution in [-0.2, 0) is 20.9 Å². The maximum atomic E-state index is 13.7. The first kappa shape index (κ1) is 22.9. The number of hydrogen-bond donors (Lipinski definition) is 0. The van der Waals surface area contributed by atoms with E-state index in [1.165, 1.54) is 11.0 Å². The van der Waals surface area contributed by atoms with Gasteiger partial charge in [0.2, 0.25) is 5.91 Å². The van der Waals surface area contributed by atoms with Crippen LogP contribution >= 0.6 is 11.6 Å². The highest BCUT2D eigenvalue weighted by atomic mass is 35.5. The largest absolute Gasteiger partial charge is 0.462 e. The van der Waals surface area contributed by atoms with Crippen molar-refractivity contribution < 1.29 is 23.1 Å². The molecule has 0 saturated heterocycles. The number of carbonyl (C=O) groups excluding carboxylic acids is 2. The lowest BCUT2D eigenvalue weighted by Crippen LogP contribution is -2.38. The lowest BCUT2D eigenvalue weighted by molar-refractivity contribution is -0.141. The van der Waals surface area contributed by atoms with Crippen molar-refractivity contribution in [2.45, 2.75) is 39.7 Å². The van der Waals surface area contributed by atoms with Crippen LogP contribution < -0.4 is 0 Å². The second-order valence-electron chi connectivity index (χ2n) is 8.00. The number of rotatable bonds is 6. The van der Waals surface area contributed by atoms with Crippen molar-refractivity contribution in [1.82, 2.24) is 4.90 Å². The number of esters is 1. The highest BCUT2D eigenvalue weighted by Crippen LogP contribution is 2.40. The van der Waals surface area contributed by atoms with Gasteiger partial charge >= 0.3 is 5.97 Å². The monoisotopic (exact) mass is 447 g/mol. The number of ether oxygens (including phenoxy) is 1. The quantitative estimate of drug-likeness (QED) is 0.541. The van der Waals surface area contributed by atoms with E-state index in [1.54, 1.807) is 31.2 Å². The Hall–Kier alpha value is -2.73. The van der Waals surface area contributed by atoms with Crippen molar-refractivity contribution in [2.24, 2.45) is 5.92 Å². The first-order valence-corrected chi connectivity index (χ1v) is 10.4. The summed E-state index contributed by atoms with van der Waals surface area (Å²) in [5.74, 6) is -3.12. The molecule has 2 aromatic carbocycles. The molecule has 1 aliphatic heterocycles. The molecule has 0 bridgehead atoms. The fraction of sp³-hybridized carbons (Fsp3) is 0.333. The molecule has 0 fully saturated rings. The normalized spacial score (nSPS) is 16.8. The minimum absolute atomic E-state index is 0.0108. The van der Waals surface area contributed by atoms with Gasteiger partial charge in [-0.25, -0.2) is 13.6 Å². The summed E-state index contributed by atoms with van der Waals surface area (Å²) in [6, 6.07) is 10.5. The van der Waals surface area contributed by atoms with Crippen LogP contribution in [0, 0.1) is 17.6 Å². The van der Waals surface area contributed by atoms with E-state index in [1.807, 2.05) is 13.8 Å². The van der Waals surface area contributed by atoms with E-state index in [-0.39, 0.29) is 31.4 Å². The zero-order chi connectivity index (χ0) is 22.7. The van der Waals surface area contributed by atoms with Gasteiger partial charge in [0, 0.05) is 23.1 Å². The summed E-state index contributed by atoms with van der Waals surface area (Å²) >= 11 is 6.37. The summed E-state index contributed by atoms with van der Waals surface area (Å²) in [4.78, 5) is 27.5. The Bertz CT molecular complexity index is 1040. The van der Waals surface area contributed by atoms with Crippen LogP contribution in [0.2, 0.25) is 5.02 Å². The molecule has 2 aromatic rings. The third-order valence-electron chi connectivity index (χ3n) is 5.20. The van der Waals surface area contributed by atoms with Gasteiger partial charge in [-0.2, -0.15) is 0 Å². The van der Waals surface area contributed by atoms with E-state index in [0.29, 0.717) is 27.4 Å². The van der Waals surface area contributed by atoms with Gasteiger partial charge in [-0.1, -0.05) is 49.7 Å². The Morgan fingerprint density at radius 3 is 2.55 bits per heavy atom. The molecule has 1 amide bonds. The van der Waals surface area contributed by atoms with Crippen LogP contribution in [0.3, 0.4) is 0 Å². The molecule has 3 rings (SSSR count). The Balaban J connectivity index is 2.03. The van der Waals surface area contributed by atoms with Crippen LogP contribution in [-0.4, -0.2) is 23.4 Å². The highest BCUT2D eigenvalue weighted by Gasteiger charge is 2.37. The molecule has 1 atom stereocenters. The van der Waals surface area contributed by atoms with Crippen molar-refractivity contribution in [3.63, 3.8) is 0 Å². The molecule has 1 aliphatic rings. The standard InChI is InChI=1S/C24H24ClF2NO3/c1-14(2)13-31-24(30)23-15(3)28(12-16-8-9-20(26)21(27)10-16)22(29)11-18(23)17-6-4-5-7-19(17)25/h4-10,14,18H,11-13H2,1-3H3/t18-/m1/s1. The van der Waals surface area contributed by atoms with Gasteiger partial charge in [0.15, 0.2) is 11.6 Å². The lowest BCUT2D eigenvalue weighted by atomic mass is 9.83. The smallest absolute Gasteiger partial charge is 0.336 e. The van der Waals surface area contributed by atoms with Gasteiger partial charge in [0.1, 0.15) is 0 Å². The molecule has 0 spiro atoms. The van der Waals surface area contributed by atoms with Crippen molar-refractivity contribution in [3.8, 4) is 0 Å². The first-order valence-electron chi connectivity index (χ1n) is 10.1. The van der Waals surface area contributed by atoms with Crippen LogP contribution in [0.25, 0.3) is 0 Å². The van der Waals surface area contributed by atoms with E-state index < -0.39 is 23.5 Å². The molecule has 164 valence electrons. The molecule has 0 saturated carbocycles. The molecule has 0 radical (unpaired) electrons. The minimum atomic E-state index is -0.992. The molecule has 0 unspecified atom stereocenters. The summed E-state index contributed by atoms with van der Waals surface area (Å²) in [7, 11) is 0. The van der Waals surface area contributed by atoms with Gasteiger partial charge in [-0.3, -0.25) is 4.79 Å². The van der Waals surface area contributed by atoms with E-state index in [0.717, 1.165) is 12.1 Å². The lowest BCUT2D eigenvalue weighted by Gasteiger charge is -2.35. The molecular weight excluding hydrogens is 424 g/mol. The van der Waals surface area contributed by atoms with Gasteiger partial charge in [0.25, 0.3) is 0 Å². The fourth-order valence-corrected chi connectivity index (χ4v) is 3.90. The Labute approximate surface area is 185 Å². The number of hydrogen-bond acceptors (Lipinski definition) is 3. The molecule has 4 nitrogen and oxygen atoms in total. The van der Waals surface area contributed by atoms with Crippen LogP contribution in [0.1, 0.15) is 44.2 Å². The number of amides is 1. The summed E-state index contributed by atoms with van der Waals surface area (Å²) < 4.78 is 32.4. The average molecular weight is 448 g/mol. The molecule has 1 heterocycles. The van der Waals surface area contributed by atoms with Gasteiger partial charge in [-0.05, 0) is 42.2 Å². The number of halogens is 3. The average Bonchev–Trinajstić information content (AvgIpc) is 2.72. The van der Waals surface area contributed by atoms with E-state index in [2.05, 4.69) is 0 Å². The van der Waals surface area contributed by atoms with Gasteiger partial charge in [0.05, 0.1) is 18.7 Å². The van der Waals surface area contributed by atoms with Crippen molar-refractivity contribution >= 4 is 23.5 Å². The van der Waals surface area contributed by atoms with Crippen molar-refractivity contribution in [2.75, 3.05) is 6.61 Å². The molecular formula is C24H24ClF2NO3. The first-order chi connectivity index (χ1) is 14.7. The van der Waals surface area contributed by atoms with Crippen LogP contribution in [0.4, 0.5) is 8.78 Å². The van der Waals surface area contributed by atoms with Crippen molar-refractivity contribution in [3.05, 3.63) is 81.5 Å². The fourth-order valence-electron chi connectivity index (χ4n) is 3.63. The second kappa shape index (κ2) is 9.60. The number of benzene rings is 2. The number of allylic oxidation sites excluding steroid dienone is 1. The van der Waals surface area contributed by atoms with E-state index >= 15 is 0 Å². The summed E-state index contributed by atoms with van der Waals surface area (Å²) in [5, 5.41) is 0.455. The highest BCUT2D eigenvalue weighted by molar-refractivity contribution is 6.31. The van der Waals surface area contributed by atoms with Crippen LogP contribution in [0.5, 0.6) is 0 Å².